The summed E-state index contributed by atoms with van der Waals surface area (Å²) in [5.74, 6) is 1.41. The molecule has 0 bridgehead atoms. The predicted molar refractivity (Wildman–Crippen MR) is 132 cm³/mol. The predicted octanol–water partition coefficient (Wildman–Crippen LogP) is 5.63. The van der Waals surface area contributed by atoms with Crippen molar-refractivity contribution in [1.82, 2.24) is 10.4 Å². The number of unbranched alkanes of at least 4 members (excludes halogenated alkanes) is 2. The van der Waals surface area contributed by atoms with Crippen LogP contribution in [0.25, 0.3) is 11.3 Å². The number of nitrogens with one attached hydrogen (secondary N) is 1. The number of carbonyl (C=O) groups is 1. The molecule has 1 amide bonds. The van der Waals surface area contributed by atoms with E-state index in [-0.39, 0.29) is 11.7 Å². The normalized spacial score (nSPS) is 10.9. The maximum Gasteiger partial charge on any atom is 0.250 e. The Labute approximate surface area is 197 Å². The van der Waals surface area contributed by atoms with Crippen LogP contribution in [0.5, 0.6) is 11.5 Å². The second kappa shape index (κ2) is 12.9. The Bertz CT molecular complexity index is 1020. The maximum atomic E-state index is 12.1. The fraction of sp³-hybridized carbons (Fsp3) is 0.292. The molecule has 0 unspecified atom stereocenters. The minimum Gasteiger partial charge on any atom is -0.493 e. The lowest BCUT2D eigenvalue weighted by Crippen LogP contribution is -2.19. The van der Waals surface area contributed by atoms with Gasteiger partial charge in [0, 0.05) is 10.9 Å². The summed E-state index contributed by atoms with van der Waals surface area (Å²) in [6.07, 6.45) is 4.89. The summed E-state index contributed by atoms with van der Waals surface area (Å²) in [6.45, 7) is 2.82. The van der Waals surface area contributed by atoms with Crippen LogP contribution in [0, 0.1) is 0 Å². The molecule has 0 aliphatic carbocycles. The molecule has 0 saturated carbocycles. The van der Waals surface area contributed by atoms with E-state index in [1.807, 2.05) is 53.9 Å². The van der Waals surface area contributed by atoms with E-state index in [9.17, 15) is 4.79 Å². The number of rotatable bonds is 12. The number of aromatic nitrogens is 1. The highest BCUT2D eigenvalue weighted by molar-refractivity contribution is 8.01. The van der Waals surface area contributed by atoms with E-state index in [1.54, 1.807) is 13.3 Å². The van der Waals surface area contributed by atoms with Gasteiger partial charge in [0.2, 0.25) is 0 Å². The molecule has 0 aliphatic heterocycles. The minimum atomic E-state index is -0.189. The van der Waals surface area contributed by atoms with Gasteiger partial charge in [-0.25, -0.2) is 10.4 Å². The van der Waals surface area contributed by atoms with Crippen LogP contribution in [0.1, 0.15) is 31.7 Å². The first-order valence-electron chi connectivity index (χ1n) is 10.5. The first-order chi connectivity index (χ1) is 15.7. The topological polar surface area (TPSA) is 72.8 Å². The summed E-state index contributed by atoms with van der Waals surface area (Å²) in [7, 11) is 1.61. The van der Waals surface area contributed by atoms with Crippen molar-refractivity contribution in [2.75, 3.05) is 19.5 Å². The molecule has 1 N–H and O–H groups in total. The molecule has 0 fully saturated rings. The first-order valence-corrected chi connectivity index (χ1v) is 12.3. The van der Waals surface area contributed by atoms with Gasteiger partial charge in [-0.2, -0.15) is 5.10 Å². The van der Waals surface area contributed by atoms with Gasteiger partial charge in [0.25, 0.3) is 5.91 Å². The van der Waals surface area contributed by atoms with E-state index in [1.165, 1.54) is 23.1 Å². The van der Waals surface area contributed by atoms with Gasteiger partial charge < -0.3 is 9.47 Å². The average molecular weight is 470 g/mol. The second-order valence-electron chi connectivity index (χ2n) is 6.91. The summed E-state index contributed by atoms with van der Waals surface area (Å²) >= 11 is 2.92. The number of carbonyl (C=O) groups excluding carboxylic acids is 1. The molecule has 168 valence electrons. The van der Waals surface area contributed by atoms with Gasteiger partial charge in [0.1, 0.15) is 0 Å². The van der Waals surface area contributed by atoms with Crippen molar-refractivity contribution >= 4 is 35.2 Å². The lowest BCUT2D eigenvalue weighted by Gasteiger charge is -2.11. The number of thioether (sulfide) groups is 1. The molecule has 3 aromatic rings. The highest BCUT2D eigenvalue weighted by atomic mass is 32.2. The Kier molecular flexibility index (Phi) is 9.59. The van der Waals surface area contributed by atoms with Crippen molar-refractivity contribution in [2.24, 2.45) is 5.10 Å². The van der Waals surface area contributed by atoms with Crippen LogP contribution in [0.3, 0.4) is 0 Å². The number of hydrogen-bond acceptors (Lipinski definition) is 7. The number of benzene rings is 2. The smallest absolute Gasteiger partial charge is 0.250 e. The minimum absolute atomic E-state index is 0.189. The highest BCUT2D eigenvalue weighted by Crippen LogP contribution is 2.29. The lowest BCUT2D eigenvalue weighted by molar-refractivity contribution is -0.118. The first kappa shape index (κ1) is 23.8. The van der Waals surface area contributed by atoms with Crippen LogP contribution in [-0.2, 0) is 4.79 Å². The van der Waals surface area contributed by atoms with Gasteiger partial charge in [-0.05, 0) is 30.2 Å². The van der Waals surface area contributed by atoms with Crippen LogP contribution in [0.15, 0.2) is 63.4 Å². The van der Waals surface area contributed by atoms with Crippen LogP contribution in [-0.4, -0.2) is 36.6 Å². The summed E-state index contributed by atoms with van der Waals surface area (Å²) in [6, 6.07) is 15.5. The molecule has 0 atom stereocenters. The Morgan fingerprint density at radius 1 is 1.19 bits per heavy atom. The molecular formula is C24H27N3O3S2. The van der Waals surface area contributed by atoms with Crippen molar-refractivity contribution in [1.29, 1.82) is 0 Å². The lowest BCUT2D eigenvalue weighted by atomic mass is 10.2. The summed E-state index contributed by atoms with van der Waals surface area (Å²) < 4.78 is 12.0. The Morgan fingerprint density at radius 3 is 2.81 bits per heavy atom. The molecule has 1 aromatic heterocycles. The summed E-state index contributed by atoms with van der Waals surface area (Å²) in [5.41, 5.74) is 5.35. The average Bonchev–Trinajstić information content (AvgIpc) is 3.31. The zero-order valence-electron chi connectivity index (χ0n) is 18.2. The zero-order valence-corrected chi connectivity index (χ0v) is 19.9. The number of ether oxygens (including phenoxy) is 2. The molecule has 0 radical (unpaired) electrons. The van der Waals surface area contributed by atoms with Crippen molar-refractivity contribution in [3.05, 3.63) is 59.5 Å². The van der Waals surface area contributed by atoms with E-state index in [2.05, 4.69) is 22.4 Å². The fourth-order valence-electron chi connectivity index (χ4n) is 2.82. The molecule has 6 nitrogen and oxygen atoms in total. The van der Waals surface area contributed by atoms with Crippen molar-refractivity contribution in [2.45, 2.75) is 30.5 Å². The largest absolute Gasteiger partial charge is 0.493 e. The zero-order chi connectivity index (χ0) is 22.6. The van der Waals surface area contributed by atoms with E-state index < -0.39 is 0 Å². The third-order valence-corrected chi connectivity index (χ3v) is 6.50. The van der Waals surface area contributed by atoms with Crippen molar-refractivity contribution in [3.63, 3.8) is 0 Å². The van der Waals surface area contributed by atoms with Gasteiger partial charge in [-0.15, -0.1) is 11.3 Å². The van der Waals surface area contributed by atoms with E-state index in [4.69, 9.17) is 9.47 Å². The third kappa shape index (κ3) is 7.39. The third-order valence-electron chi connectivity index (χ3n) is 4.48. The standard InChI is InChI=1S/C24H27N3O3S2/c1-3-4-8-13-30-21-12-11-18(14-22(21)29-2)15-25-27-23(28)17-32-24-26-20(16-31-24)19-9-6-5-7-10-19/h5-7,9-12,14-16H,3-4,8,13,17H2,1-2H3,(H,27,28)/b25-15+. The molecule has 0 aliphatic rings. The number of hydrazone groups is 1. The van der Waals surface area contributed by atoms with Crippen LogP contribution in [0.4, 0.5) is 0 Å². The molecule has 0 spiro atoms. The molecule has 32 heavy (non-hydrogen) atoms. The van der Waals surface area contributed by atoms with Gasteiger partial charge in [-0.3, -0.25) is 4.79 Å². The monoisotopic (exact) mass is 469 g/mol. The number of methoxy groups -OCH3 is 1. The van der Waals surface area contributed by atoms with Gasteiger partial charge in [0.05, 0.1) is 31.4 Å². The Hall–Kier alpha value is -2.84. The molecular weight excluding hydrogens is 442 g/mol. The second-order valence-corrected chi connectivity index (χ2v) is 8.99. The summed E-state index contributed by atoms with van der Waals surface area (Å²) in [4.78, 5) is 16.7. The van der Waals surface area contributed by atoms with E-state index in [0.717, 1.165) is 40.4 Å². The number of amides is 1. The number of nitrogens with zero attached hydrogens (tertiary/aromatic N) is 2. The van der Waals surface area contributed by atoms with Crippen molar-refractivity contribution < 1.29 is 14.3 Å². The van der Waals surface area contributed by atoms with Crippen LogP contribution in [0.2, 0.25) is 0 Å². The fourth-order valence-corrected chi connectivity index (χ4v) is 4.45. The molecule has 0 saturated heterocycles. The molecule has 1 heterocycles. The number of hydrogen-bond donors (Lipinski definition) is 1. The summed E-state index contributed by atoms with van der Waals surface area (Å²) in [5, 5.41) is 6.05. The highest BCUT2D eigenvalue weighted by Gasteiger charge is 2.08. The SMILES string of the molecule is CCCCCOc1ccc(/C=N/NC(=O)CSc2nc(-c3ccccc3)cs2)cc1OC. The van der Waals surface area contributed by atoms with Gasteiger partial charge in [0.15, 0.2) is 15.8 Å². The van der Waals surface area contributed by atoms with Crippen LogP contribution < -0.4 is 14.9 Å². The molecule has 2 aromatic carbocycles. The van der Waals surface area contributed by atoms with Gasteiger partial charge >= 0.3 is 0 Å². The van der Waals surface area contributed by atoms with Crippen LogP contribution >= 0.6 is 23.1 Å². The van der Waals surface area contributed by atoms with Gasteiger partial charge in [-0.1, -0.05) is 61.9 Å². The Morgan fingerprint density at radius 2 is 2.03 bits per heavy atom. The Balaban J connectivity index is 1.46. The maximum absolute atomic E-state index is 12.1. The molecule has 3 rings (SSSR count). The van der Waals surface area contributed by atoms with E-state index in [0.29, 0.717) is 18.1 Å². The molecule has 8 heteroatoms. The van der Waals surface area contributed by atoms with Crippen molar-refractivity contribution in [3.8, 4) is 22.8 Å². The number of thiazole rings is 1. The van der Waals surface area contributed by atoms with E-state index >= 15 is 0 Å². The quantitative estimate of drug-likeness (QED) is 0.161.